The number of likely N-dealkylation sites (tertiary alicyclic amines) is 1. The molecule has 0 aliphatic carbocycles. The molecule has 0 N–H and O–H groups in total. The number of halogens is 1. The maximum atomic E-state index is 14.4. The highest BCUT2D eigenvalue weighted by atomic mass is 32.2. The van der Waals surface area contributed by atoms with Gasteiger partial charge in [-0.05, 0) is 31.0 Å². The number of hydrogen-bond donors (Lipinski definition) is 0. The number of nitrogens with zero attached hydrogens (tertiary/aromatic N) is 3. The van der Waals surface area contributed by atoms with Gasteiger partial charge in [-0.15, -0.1) is 11.3 Å². The molecule has 0 radical (unpaired) electrons. The van der Waals surface area contributed by atoms with Crippen molar-refractivity contribution >= 4 is 27.3 Å². The SMILES string of the molecule is CCN(CC)S(=O)(=O)c1ccc(F)c(C(=O)N2CCCC(c3nccs3)C2)c1. The van der Waals surface area contributed by atoms with Crippen molar-refractivity contribution in [2.24, 2.45) is 0 Å². The van der Waals surface area contributed by atoms with Crippen LogP contribution in [0.3, 0.4) is 0 Å². The van der Waals surface area contributed by atoms with Gasteiger partial charge in [-0.1, -0.05) is 13.8 Å². The molecule has 1 saturated heterocycles. The van der Waals surface area contributed by atoms with Crippen LogP contribution in [0.1, 0.15) is 48.0 Å². The van der Waals surface area contributed by atoms with E-state index in [4.69, 9.17) is 0 Å². The molecule has 152 valence electrons. The standard InChI is InChI=1S/C19H24FN3O3S2/c1-3-23(4-2)28(25,26)15-7-8-17(20)16(12-15)19(24)22-10-5-6-14(13-22)18-21-9-11-27-18/h7-9,11-12,14H,3-6,10,13H2,1-2H3. The molecule has 6 nitrogen and oxygen atoms in total. The summed E-state index contributed by atoms with van der Waals surface area (Å²) in [6.45, 7) is 5.07. The summed E-state index contributed by atoms with van der Waals surface area (Å²) in [5.74, 6) is -1.06. The van der Waals surface area contributed by atoms with Gasteiger partial charge < -0.3 is 4.90 Å². The fourth-order valence-corrected chi connectivity index (χ4v) is 5.76. The fraction of sp³-hybridized carbons (Fsp3) is 0.474. The lowest BCUT2D eigenvalue weighted by Gasteiger charge is -2.32. The number of carbonyl (C=O) groups excluding carboxylic acids is 1. The molecule has 3 rings (SSSR count). The van der Waals surface area contributed by atoms with Gasteiger partial charge in [0.2, 0.25) is 10.0 Å². The number of benzene rings is 1. The Balaban J connectivity index is 1.87. The van der Waals surface area contributed by atoms with Gasteiger partial charge in [-0.2, -0.15) is 4.31 Å². The van der Waals surface area contributed by atoms with Crippen molar-refractivity contribution in [3.63, 3.8) is 0 Å². The highest BCUT2D eigenvalue weighted by Crippen LogP contribution is 2.29. The second-order valence-corrected chi connectivity index (χ2v) is 9.56. The zero-order valence-electron chi connectivity index (χ0n) is 16.0. The van der Waals surface area contributed by atoms with E-state index < -0.39 is 21.7 Å². The molecule has 1 aromatic heterocycles. The third-order valence-electron chi connectivity index (χ3n) is 5.02. The third-order valence-corrected chi connectivity index (χ3v) is 8.00. The van der Waals surface area contributed by atoms with Crippen LogP contribution in [0.4, 0.5) is 4.39 Å². The van der Waals surface area contributed by atoms with E-state index in [0.29, 0.717) is 26.2 Å². The Kier molecular flexibility index (Phi) is 6.47. The molecule has 0 spiro atoms. The minimum Gasteiger partial charge on any atom is -0.338 e. The highest BCUT2D eigenvalue weighted by Gasteiger charge is 2.30. The summed E-state index contributed by atoms with van der Waals surface area (Å²) in [6.07, 6.45) is 3.47. The summed E-state index contributed by atoms with van der Waals surface area (Å²) < 4.78 is 41.2. The first kappa shape index (κ1) is 20.9. The van der Waals surface area contributed by atoms with Crippen LogP contribution in [0.5, 0.6) is 0 Å². The predicted molar refractivity (Wildman–Crippen MR) is 106 cm³/mol. The number of piperidine rings is 1. The molecule has 1 aliphatic heterocycles. The zero-order chi connectivity index (χ0) is 20.3. The lowest BCUT2D eigenvalue weighted by atomic mass is 9.98. The van der Waals surface area contributed by atoms with Gasteiger partial charge in [0.15, 0.2) is 0 Å². The summed E-state index contributed by atoms with van der Waals surface area (Å²) in [5, 5.41) is 2.87. The van der Waals surface area contributed by atoms with Crippen molar-refractivity contribution in [2.45, 2.75) is 37.5 Å². The van der Waals surface area contributed by atoms with Crippen LogP contribution in [0.2, 0.25) is 0 Å². The number of rotatable bonds is 6. The number of hydrogen-bond acceptors (Lipinski definition) is 5. The lowest BCUT2D eigenvalue weighted by molar-refractivity contribution is 0.0702. The lowest BCUT2D eigenvalue weighted by Crippen LogP contribution is -2.39. The van der Waals surface area contributed by atoms with E-state index >= 15 is 0 Å². The highest BCUT2D eigenvalue weighted by molar-refractivity contribution is 7.89. The Morgan fingerprint density at radius 2 is 2.11 bits per heavy atom. The zero-order valence-corrected chi connectivity index (χ0v) is 17.6. The monoisotopic (exact) mass is 425 g/mol. The van der Waals surface area contributed by atoms with E-state index in [1.54, 1.807) is 36.3 Å². The van der Waals surface area contributed by atoms with Crippen LogP contribution in [-0.4, -0.2) is 54.7 Å². The maximum Gasteiger partial charge on any atom is 0.256 e. The van der Waals surface area contributed by atoms with Crippen molar-refractivity contribution in [3.05, 3.63) is 46.2 Å². The molecule has 0 saturated carbocycles. The van der Waals surface area contributed by atoms with Gasteiger partial charge in [-0.3, -0.25) is 4.79 Å². The van der Waals surface area contributed by atoms with E-state index in [2.05, 4.69) is 4.98 Å². The van der Waals surface area contributed by atoms with Crippen molar-refractivity contribution in [2.75, 3.05) is 26.2 Å². The second-order valence-electron chi connectivity index (χ2n) is 6.69. The molecule has 2 aromatic rings. The van der Waals surface area contributed by atoms with Gasteiger partial charge in [0.1, 0.15) is 5.82 Å². The normalized spacial score (nSPS) is 17.9. The molecule has 1 aromatic carbocycles. The van der Waals surface area contributed by atoms with Crippen molar-refractivity contribution in [3.8, 4) is 0 Å². The summed E-state index contributed by atoms with van der Waals surface area (Å²) >= 11 is 1.55. The van der Waals surface area contributed by atoms with E-state index in [-0.39, 0.29) is 16.4 Å². The molecule has 1 amide bonds. The quantitative estimate of drug-likeness (QED) is 0.712. The third kappa shape index (κ3) is 4.11. The van der Waals surface area contributed by atoms with Gasteiger partial charge in [-0.25, -0.2) is 17.8 Å². The topological polar surface area (TPSA) is 70.6 Å². The molecule has 1 unspecified atom stereocenters. The number of carbonyl (C=O) groups is 1. The fourth-order valence-electron chi connectivity index (χ4n) is 3.51. The van der Waals surface area contributed by atoms with Crippen molar-refractivity contribution in [1.29, 1.82) is 0 Å². The second kappa shape index (κ2) is 8.67. The Morgan fingerprint density at radius 1 is 1.36 bits per heavy atom. The smallest absolute Gasteiger partial charge is 0.256 e. The van der Waals surface area contributed by atoms with Crippen LogP contribution in [-0.2, 0) is 10.0 Å². The van der Waals surface area contributed by atoms with E-state index in [1.165, 1.54) is 16.4 Å². The van der Waals surface area contributed by atoms with Gasteiger partial charge in [0.25, 0.3) is 5.91 Å². The molecular formula is C19H24FN3O3S2. The minimum absolute atomic E-state index is 0.0607. The maximum absolute atomic E-state index is 14.4. The average molecular weight is 426 g/mol. The summed E-state index contributed by atoms with van der Waals surface area (Å²) in [4.78, 5) is 18.9. The van der Waals surface area contributed by atoms with Crippen molar-refractivity contribution < 1.29 is 17.6 Å². The number of aromatic nitrogens is 1. The molecule has 0 bridgehead atoms. The Hall–Kier alpha value is -1.84. The van der Waals surface area contributed by atoms with Crippen LogP contribution in [0.15, 0.2) is 34.7 Å². The molecule has 1 aliphatic rings. The van der Waals surface area contributed by atoms with Gasteiger partial charge >= 0.3 is 0 Å². The Labute approximate surface area is 169 Å². The number of thiazole rings is 1. The molecule has 1 atom stereocenters. The van der Waals surface area contributed by atoms with E-state index in [9.17, 15) is 17.6 Å². The van der Waals surface area contributed by atoms with E-state index in [1.807, 2.05) is 5.38 Å². The number of sulfonamides is 1. The van der Waals surface area contributed by atoms with Crippen LogP contribution < -0.4 is 0 Å². The average Bonchev–Trinajstić information content (AvgIpc) is 3.23. The van der Waals surface area contributed by atoms with Crippen LogP contribution in [0, 0.1) is 5.82 Å². The first-order valence-corrected chi connectivity index (χ1v) is 11.7. The van der Waals surface area contributed by atoms with Crippen LogP contribution >= 0.6 is 11.3 Å². The first-order chi connectivity index (χ1) is 13.4. The van der Waals surface area contributed by atoms with Gasteiger partial charge in [0.05, 0.1) is 15.5 Å². The summed E-state index contributed by atoms with van der Waals surface area (Å²) in [5.41, 5.74) is -0.201. The molecule has 28 heavy (non-hydrogen) atoms. The largest absolute Gasteiger partial charge is 0.338 e. The Bertz CT molecular complexity index is 928. The molecule has 1 fully saturated rings. The molecule has 2 heterocycles. The predicted octanol–water partition coefficient (Wildman–Crippen LogP) is 3.33. The summed E-state index contributed by atoms with van der Waals surface area (Å²) in [7, 11) is -3.76. The summed E-state index contributed by atoms with van der Waals surface area (Å²) in [6, 6.07) is 3.44. The molecule has 9 heteroatoms. The van der Waals surface area contributed by atoms with Crippen molar-refractivity contribution in [1.82, 2.24) is 14.2 Å². The number of amides is 1. The van der Waals surface area contributed by atoms with Crippen LogP contribution in [0.25, 0.3) is 0 Å². The molecular weight excluding hydrogens is 401 g/mol. The first-order valence-electron chi connectivity index (χ1n) is 9.36. The minimum atomic E-state index is -3.76. The Morgan fingerprint density at radius 3 is 2.75 bits per heavy atom. The van der Waals surface area contributed by atoms with E-state index in [0.717, 1.165) is 23.9 Å². The van der Waals surface area contributed by atoms with Gasteiger partial charge in [0, 0.05) is 43.7 Å².